The molecule has 98 valence electrons. The second kappa shape index (κ2) is 5.81. The highest BCUT2D eigenvalue weighted by Crippen LogP contribution is 2.21. The third-order valence-corrected chi connectivity index (χ3v) is 3.89. The van der Waals surface area contributed by atoms with Crippen LogP contribution in [0, 0.1) is 18.3 Å². The quantitative estimate of drug-likeness (QED) is 0.926. The predicted molar refractivity (Wildman–Crippen MR) is 77.2 cm³/mol. The first kappa shape index (κ1) is 13.5. The van der Waals surface area contributed by atoms with Gasteiger partial charge in [0.2, 0.25) is 0 Å². The number of nitrogens with one attached hydrogen (secondary N) is 1. The minimum atomic E-state index is 0.0818. The summed E-state index contributed by atoms with van der Waals surface area (Å²) in [6.07, 6.45) is 0.957. The van der Waals surface area contributed by atoms with Crippen molar-refractivity contribution >= 4 is 17.2 Å². The Labute approximate surface area is 117 Å². The topological polar surface area (TPSA) is 61.6 Å². The first-order valence-electron chi connectivity index (χ1n) is 6.22. The molecule has 2 heterocycles. The number of rotatable bonds is 4. The minimum Gasteiger partial charge on any atom is -0.362 e. The van der Waals surface area contributed by atoms with E-state index in [1.54, 1.807) is 11.3 Å². The lowest BCUT2D eigenvalue weighted by Gasteiger charge is -2.12. The molecule has 2 rings (SSSR count). The molecule has 0 radical (unpaired) electrons. The summed E-state index contributed by atoms with van der Waals surface area (Å²) in [7, 11) is 0. The molecule has 0 aliphatic heterocycles. The molecular formula is C14H16N4S. The number of aryl methyl sites for hydroxylation is 2. The van der Waals surface area contributed by atoms with Crippen molar-refractivity contribution in [1.82, 2.24) is 9.97 Å². The number of nitrogens with zero attached hydrogens (tertiary/aromatic N) is 3. The maximum atomic E-state index is 8.98. The summed E-state index contributed by atoms with van der Waals surface area (Å²) in [5, 5.41) is 15.5. The molecule has 19 heavy (non-hydrogen) atoms. The van der Waals surface area contributed by atoms with Gasteiger partial charge in [0.15, 0.2) is 0 Å². The van der Waals surface area contributed by atoms with Crippen molar-refractivity contribution in [2.24, 2.45) is 0 Å². The Morgan fingerprint density at radius 2 is 2.21 bits per heavy atom. The van der Waals surface area contributed by atoms with Crippen molar-refractivity contribution in [1.29, 1.82) is 5.26 Å². The molecule has 0 saturated heterocycles. The van der Waals surface area contributed by atoms with Gasteiger partial charge in [-0.1, -0.05) is 13.0 Å². The summed E-state index contributed by atoms with van der Waals surface area (Å²) in [6.45, 7) is 6.02. The van der Waals surface area contributed by atoms with E-state index in [-0.39, 0.29) is 6.04 Å². The summed E-state index contributed by atoms with van der Waals surface area (Å²) in [5.74, 6) is 0.709. The van der Waals surface area contributed by atoms with Crippen molar-refractivity contribution in [2.45, 2.75) is 33.2 Å². The molecule has 2 aromatic heterocycles. The van der Waals surface area contributed by atoms with Crippen LogP contribution in [0.2, 0.25) is 0 Å². The van der Waals surface area contributed by atoms with Gasteiger partial charge in [0.25, 0.3) is 0 Å². The third-order valence-electron chi connectivity index (χ3n) is 2.88. The average molecular weight is 272 g/mol. The second-order valence-corrected chi connectivity index (χ2v) is 5.30. The largest absolute Gasteiger partial charge is 0.362 e. The molecule has 0 aliphatic carbocycles. The van der Waals surface area contributed by atoms with Crippen LogP contribution in [0.4, 0.5) is 5.82 Å². The minimum absolute atomic E-state index is 0.0818. The summed E-state index contributed by atoms with van der Waals surface area (Å²) in [5.41, 5.74) is 2.37. The van der Waals surface area contributed by atoms with E-state index in [4.69, 9.17) is 5.26 Å². The standard InChI is InChI=1S/C14H16N4S/c1-4-14-18-12(8-19-14)10(3)16-13-6-5-9(2)11(7-15)17-13/h5-6,8,10H,4H2,1-3H3,(H,16,17). The molecule has 1 N–H and O–H groups in total. The third kappa shape index (κ3) is 3.09. The molecule has 0 aromatic carbocycles. The number of thiazole rings is 1. The van der Waals surface area contributed by atoms with Gasteiger partial charge < -0.3 is 5.32 Å². The number of nitriles is 1. The smallest absolute Gasteiger partial charge is 0.145 e. The van der Waals surface area contributed by atoms with Crippen LogP contribution in [0.25, 0.3) is 0 Å². The van der Waals surface area contributed by atoms with E-state index in [0.717, 1.165) is 22.7 Å². The average Bonchev–Trinajstić information content (AvgIpc) is 2.90. The van der Waals surface area contributed by atoms with Crippen LogP contribution in [-0.4, -0.2) is 9.97 Å². The summed E-state index contributed by atoms with van der Waals surface area (Å²) in [6, 6.07) is 5.97. The first-order chi connectivity index (χ1) is 9.13. The van der Waals surface area contributed by atoms with Gasteiger partial charge in [0.05, 0.1) is 16.7 Å². The number of anilines is 1. The Morgan fingerprint density at radius 1 is 1.42 bits per heavy atom. The molecule has 0 amide bonds. The Kier molecular flexibility index (Phi) is 4.13. The van der Waals surface area contributed by atoms with Crippen LogP contribution in [0.3, 0.4) is 0 Å². The number of pyridine rings is 1. The molecule has 0 aliphatic rings. The Morgan fingerprint density at radius 3 is 2.84 bits per heavy atom. The van der Waals surface area contributed by atoms with E-state index in [9.17, 15) is 0 Å². The molecular weight excluding hydrogens is 256 g/mol. The Hall–Kier alpha value is -1.93. The van der Waals surface area contributed by atoms with Crippen molar-refractivity contribution in [3.8, 4) is 6.07 Å². The lowest BCUT2D eigenvalue weighted by atomic mass is 10.2. The molecule has 2 aromatic rings. The van der Waals surface area contributed by atoms with E-state index < -0.39 is 0 Å². The molecule has 0 saturated carbocycles. The zero-order valence-electron chi connectivity index (χ0n) is 11.3. The van der Waals surface area contributed by atoms with Gasteiger partial charge in [-0.25, -0.2) is 9.97 Å². The normalized spacial score (nSPS) is 11.9. The van der Waals surface area contributed by atoms with E-state index in [1.807, 2.05) is 26.0 Å². The predicted octanol–water partition coefficient (Wildman–Crippen LogP) is 3.45. The highest BCUT2D eigenvalue weighted by atomic mass is 32.1. The highest BCUT2D eigenvalue weighted by Gasteiger charge is 2.10. The summed E-state index contributed by atoms with van der Waals surface area (Å²) >= 11 is 1.67. The van der Waals surface area contributed by atoms with Gasteiger partial charge in [-0.05, 0) is 31.9 Å². The fourth-order valence-electron chi connectivity index (χ4n) is 1.70. The summed E-state index contributed by atoms with van der Waals surface area (Å²) in [4.78, 5) is 8.83. The zero-order chi connectivity index (χ0) is 13.8. The van der Waals surface area contributed by atoms with Gasteiger partial charge in [0.1, 0.15) is 17.6 Å². The van der Waals surface area contributed by atoms with Crippen LogP contribution in [0.15, 0.2) is 17.5 Å². The number of hydrogen-bond acceptors (Lipinski definition) is 5. The van der Waals surface area contributed by atoms with Crippen molar-refractivity contribution < 1.29 is 0 Å². The highest BCUT2D eigenvalue weighted by molar-refractivity contribution is 7.09. The molecule has 5 heteroatoms. The summed E-state index contributed by atoms with van der Waals surface area (Å²) < 4.78 is 0. The molecule has 0 fully saturated rings. The monoisotopic (exact) mass is 272 g/mol. The maximum absolute atomic E-state index is 8.98. The van der Waals surface area contributed by atoms with Crippen LogP contribution >= 0.6 is 11.3 Å². The second-order valence-electron chi connectivity index (χ2n) is 4.36. The van der Waals surface area contributed by atoms with Gasteiger partial charge >= 0.3 is 0 Å². The lowest BCUT2D eigenvalue weighted by Crippen LogP contribution is -2.09. The van der Waals surface area contributed by atoms with Crippen molar-refractivity contribution in [3.63, 3.8) is 0 Å². The van der Waals surface area contributed by atoms with Crippen molar-refractivity contribution in [2.75, 3.05) is 5.32 Å². The van der Waals surface area contributed by atoms with Gasteiger partial charge in [0, 0.05) is 5.38 Å². The van der Waals surface area contributed by atoms with Crippen molar-refractivity contribution in [3.05, 3.63) is 39.5 Å². The number of hydrogen-bond donors (Lipinski definition) is 1. The van der Waals surface area contributed by atoms with Crippen LogP contribution in [0.5, 0.6) is 0 Å². The molecule has 1 unspecified atom stereocenters. The lowest BCUT2D eigenvalue weighted by molar-refractivity contribution is 0.831. The maximum Gasteiger partial charge on any atom is 0.145 e. The fraction of sp³-hybridized carbons (Fsp3) is 0.357. The molecule has 4 nitrogen and oxygen atoms in total. The van der Waals surface area contributed by atoms with Crippen LogP contribution in [0.1, 0.15) is 41.8 Å². The van der Waals surface area contributed by atoms with E-state index in [1.165, 1.54) is 0 Å². The van der Waals surface area contributed by atoms with Gasteiger partial charge in [-0.15, -0.1) is 11.3 Å². The fourth-order valence-corrected chi connectivity index (χ4v) is 2.54. The first-order valence-corrected chi connectivity index (χ1v) is 7.10. The van der Waals surface area contributed by atoms with Crippen LogP contribution in [-0.2, 0) is 6.42 Å². The van der Waals surface area contributed by atoms with Crippen LogP contribution < -0.4 is 5.32 Å². The van der Waals surface area contributed by atoms with E-state index in [2.05, 4.69) is 33.7 Å². The molecule has 1 atom stereocenters. The van der Waals surface area contributed by atoms with E-state index >= 15 is 0 Å². The molecule has 0 spiro atoms. The van der Waals surface area contributed by atoms with E-state index in [0.29, 0.717) is 11.5 Å². The SMILES string of the molecule is CCc1nc(C(C)Nc2ccc(C)c(C#N)n2)cs1. The Balaban J connectivity index is 2.14. The number of aromatic nitrogens is 2. The van der Waals surface area contributed by atoms with Gasteiger partial charge in [-0.3, -0.25) is 0 Å². The molecule has 0 bridgehead atoms. The Bertz CT molecular complexity index is 612. The van der Waals surface area contributed by atoms with Gasteiger partial charge in [-0.2, -0.15) is 5.26 Å². The zero-order valence-corrected chi connectivity index (χ0v) is 12.1.